The fraction of sp³-hybridized carbons (Fsp3) is 0.400. The van der Waals surface area contributed by atoms with E-state index in [-0.39, 0.29) is 0 Å². The zero-order valence-electron chi connectivity index (χ0n) is 11.6. The summed E-state index contributed by atoms with van der Waals surface area (Å²) in [6.45, 7) is 7.38. The number of rotatable bonds is 7. The van der Waals surface area contributed by atoms with Crippen molar-refractivity contribution in [3.8, 4) is 5.75 Å². The second kappa shape index (κ2) is 6.95. The van der Waals surface area contributed by atoms with Crippen molar-refractivity contribution in [1.82, 2.24) is 14.9 Å². The zero-order valence-corrected chi connectivity index (χ0v) is 11.6. The zero-order chi connectivity index (χ0) is 13.5. The maximum Gasteiger partial charge on any atom is 0.123 e. The van der Waals surface area contributed by atoms with Gasteiger partial charge in [0.25, 0.3) is 0 Å². The van der Waals surface area contributed by atoms with E-state index in [1.807, 2.05) is 37.5 Å². The lowest BCUT2D eigenvalue weighted by Crippen LogP contribution is -2.14. The molecule has 2 rings (SSSR count). The number of hydrogen-bond donors (Lipinski definition) is 1. The highest BCUT2D eigenvalue weighted by atomic mass is 16.5. The third-order valence-corrected chi connectivity index (χ3v) is 3.05. The van der Waals surface area contributed by atoms with E-state index in [0.29, 0.717) is 6.61 Å². The van der Waals surface area contributed by atoms with Crippen LogP contribution < -0.4 is 10.1 Å². The van der Waals surface area contributed by atoms with Crippen LogP contribution in [-0.4, -0.2) is 22.7 Å². The Hall–Kier alpha value is -1.81. The number of imidazole rings is 1. The molecule has 1 heterocycles. The molecular formula is C15H21N3O. The van der Waals surface area contributed by atoms with E-state index in [0.717, 1.165) is 31.2 Å². The highest BCUT2D eigenvalue weighted by Crippen LogP contribution is 2.17. The molecule has 0 atom stereocenters. The molecule has 0 aliphatic heterocycles. The molecule has 0 aliphatic rings. The van der Waals surface area contributed by atoms with Crippen molar-refractivity contribution in [2.45, 2.75) is 26.9 Å². The predicted molar refractivity (Wildman–Crippen MR) is 76.3 cm³/mol. The molecule has 4 nitrogen and oxygen atoms in total. The molecule has 0 fully saturated rings. The first-order valence-corrected chi connectivity index (χ1v) is 6.70. The first kappa shape index (κ1) is 13.6. The number of aromatic nitrogens is 2. The normalized spacial score (nSPS) is 10.6. The summed E-state index contributed by atoms with van der Waals surface area (Å²) < 4.78 is 7.96. The molecule has 1 N–H and O–H groups in total. The molecule has 0 aliphatic carbocycles. The van der Waals surface area contributed by atoms with Crippen LogP contribution in [0.1, 0.15) is 18.3 Å². The standard InChI is InChI=1S/C15H21N3O/c1-3-16-12-14-6-4-5-7-15(14)19-11-10-18-9-8-17-13(18)2/h4-9,16H,3,10-12H2,1-2H3. The molecular weight excluding hydrogens is 238 g/mol. The predicted octanol–water partition coefficient (Wildman–Crippen LogP) is 2.38. The Balaban J connectivity index is 1.90. The van der Waals surface area contributed by atoms with Crippen molar-refractivity contribution in [3.05, 3.63) is 48.0 Å². The van der Waals surface area contributed by atoms with Gasteiger partial charge in [-0.1, -0.05) is 25.1 Å². The topological polar surface area (TPSA) is 39.1 Å². The molecule has 2 aromatic rings. The average molecular weight is 259 g/mol. The maximum absolute atomic E-state index is 5.87. The van der Waals surface area contributed by atoms with Gasteiger partial charge < -0.3 is 14.6 Å². The van der Waals surface area contributed by atoms with Gasteiger partial charge in [-0.3, -0.25) is 0 Å². The number of benzene rings is 1. The molecule has 0 amide bonds. The van der Waals surface area contributed by atoms with Gasteiger partial charge in [-0.15, -0.1) is 0 Å². The molecule has 1 aromatic heterocycles. The Morgan fingerprint density at radius 2 is 2.16 bits per heavy atom. The molecule has 19 heavy (non-hydrogen) atoms. The summed E-state index contributed by atoms with van der Waals surface area (Å²) in [6.07, 6.45) is 3.79. The van der Waals surface area contributed by atoms with Gasteiger partial charge in [0.2, 0.25) is 0 Å². The monoisotopic (exact) mass is 259 g/mol. The van der Waals surface area contributed by atoms with Crippen molar-refractivity contribution in [2.75, 3.05) is 13.2 Å². The Bertz CT molecular complexity index is 508. The summed E-state index contributed by atoms with van der Waals surface area (Å²) in [6, 6.07) is 8.17. The SMILES string of the molecule is CCNCc1ccccc1OCCn1ccnc1C. The van der Waals surface area contributed by atoms with Crippen LogP contribution in [0.4, 0.5) is 0 Å². The first-order valence-electron chi connectivity index (χ1n) is 6.70. The van der Waals surface area contributed by atoms with E-state index in [1.54, 1.807) is 0 Å². The smallest absolute Gasteiger partial charge is 0.123 e. The fourth-order valence-electron chi connectivity index (χ4n) is 1.94. The van der Waals surface area contributed by atoms with Crippen molar-refractivity contribution in [3.63, 3.8) is 0 Å². The van der Waals surface area contributed by atoms with Crippen LogP contribution in [0, 0.1) is 6.92 Å². The molecule has 0 spiro atoms. The van der Waals surface area contributed by atoms with E-state index in [4.69, 9.17) is 4.74 Å². The summed E-state index contributed by atoms with van der Waals surface area (Å²) in [7, 11) is 0. The van der Waals surface area contributed by atoms with Crippen LogP contribution >= 0.6 is 0 Å². The van der Waals surface area contributed by atoms with E-state index >= 15 is 0 Å². The first-order chi connectivity index (χ1) is 9.31. The van der Waals surface area contributed by atoms with Crippen LogP contribution in [0.15, 0.2) is 36.7 Å². The minimum atomic E-state index is 0.653. The van der Waals surface area contributed by atoms with Crippen molar-refractivity contribution in [1.29, 1.82) is 0 Å². The molecule has 0 unspecified atom stereocenters. The fourth-order valence-corrected chi connectivity index (χ4v) is 1.94. The Labute approximate surface area is 114 Å². The second-order valence-electron chi connectivity index (χ2n) is 4.40. The molecule has 0 bridgehead atoms. The summed E-state index contributed by atoms with van der Waals surface area (Å²) >= 11 is 0. The van der Waals surface area contributed by atoms with Gasteiger partial charge in [0.05, 0.1) is 6.54 Å². The van der Waals surface area contributed by atoms with E-state index in [2.05, 4.69) is 27.9 Å². The average Bonchev–Trinajstić information content (AvgIpc) is 2.83. The Morgan fingerprint density at radius 3 is 2.89 bits per heavy atom. The van der Waals surface area contributed by atoms with Crippen LogP contribution in [0.5, 0.6) is 5.75 Å². The summed E-state index contributed by atoms with van der Waals surface area (Å²) in [5, 5.41) is 3.32. The van der Waals surface area contributed by atoms with Gasteiger partial charge in [-0.05, 0) is 19.5 Å². The minimum absolute atomic E-state index is 0.653. The Kier molecular flexibility index (Phi) is 4.98. The number of ether oxygens (including phenoxy) is 1. The van der Waals surface area contributed by atoms with Gasteiger partial charge in [0.1, 0.15) is 18.2 Å². The number of para-hydroxylation sites is 1. The van der Waals surface area contributed by atoms with Gasteiger partial charge in [0, 0.05) is 24.5 Å². The van der Waals surface area contributed by atoms with E-state index in [1.165, 1.54) is 5.56 Å². The van der Waals surface area contributed by atoms with Crippen LogP contribution in [-0.2, 0) is 13.1 Å². The highest BCUT2D eigenvalue weighted by molar-refractivity contribution is 5.33. The third kappa shape index (κ3) is 3.83. The van der Waals surface area contributed by atoms with Crippen LogP contribution in [0.25, 0.3) is 0 Å². The molecule has 0 radical (unpaired) electrons. The van der Waals surface area contributed by atoms with Crippen molar-refractivity contribution >= 4 is 0 Å². The summed E-state index contributed by atoms with van der Waals surface area (Å²) in [5.74, 6) is 1.98. The maximum atomic E-state index is 5.87. The number of hydrogen-bond acceptors (Lipinski definition) is 3. The van der Waals surface area contributed by atoms with Gasteiger partial charge in [-0.25, -0.2) is 4.98 Å². The highest BCUT2D eigenvalue weighted by Gasteiger charge is 2.03. The summed E-state index contributed by atoms with van der Waals surface area (Å²) in [5.41, 5.74) is 1.20. The van der Waals surface area contributed by atoms with E-state index < -0.39 is 0 Å². The lowest BCUT2D eigenvalue weighted by atomic mass is 10.2. The van der Waals surface area contributed by atoms with Crippen molar-refractivity contribution < 1.29 is 4.74 Å². The van der Waals surface area contributed by atoms with Crippen molar-refractivity contribution in [2.24, 2.45) is 0 Å². The number of nitrogens with one attached hydrogen (secondary N) is 1. The number of nitrogens with zero attached hydrogens (tertiary/aromatic N) is 2. The summed E-state index contributed by atoms with van der Waals surface area (Å²) in [4.78, 5) is 4.20. The van der Waals surface area contributed by atoms with Gasteiger partial charge in [-0.2, -0.15) is 0 Å². The van der Waals surface area contributed by atoms with Gasteiger partial charge in [0.15, 0.2) is 0 Å². The minimum Gasteiger partial charge on any atom is -0.491 e. The van der Waals surface area contributed by atoms with Gasteiger partial charge >= 0.3 is 0 Å². The quantitative estimate of drug-likeness (QED) is 0.829. The largest absolute Gasteiger partial charge is 0.491 e. The van der Waals surface area contributed by atoms with Crippen LogP contribution in [0.3, 0.4) is 0 Å². The molecule has 0 saturated carbocycles. The third-order valence-electron chi connectivity index (χ3n) is 3.05. The lowest BCUT2D eigenvalue weighted by Gasteiger charge is -2.12. The van der Waals surface area contributed by atoms with Crippen LogP contribution in [0.2, 0.25) is 0 Å². The van der Waals surface area contributed by atoms with E-state index in [9.17, 15) is 0 Å². The Morgan fingerprint density at radius 1 is 1.32 bits per heavy atom. The number of aryl methyl sites for hydroxylation is 1. The molecule has 102 valence electrons. The lowest BCUT2D eigenvalue weighted by molar-refractivity contribution is 0.293. The second-order valence-corrected chi connectivity index (χ2v) is 4.40. The molecule has 4 heteroatoms. The molecule has 0 saturated heterocycles. The molecule has 1 aromatic carbocycles.